The summed E-state index contributed by atoms with van der Waals surface area (Å²) in [5.74, 6) is 3.05. The molecule has 0 aromatic rings. The maximum Gasteiger partial charge on any atom is 0.0668 e. The van der Waals surface area contributed by atoms with Gasteiger partial charge in [-0.1, -0.05) is 29.0 Å². The molecule has 15 heavy (non-hydrogen) atoms. The zero-order chi connectivity index (χ0) is 10.3. The molecule has 3 rings (SSSR count). The second-order valence-electron chi connectivity index (χ2n) is 5.72. The van der Waals surface area contributed by atoms with Crippen LogP contribution >= 0.6 is 22.6 Å². The zero-order valence-corrected chi connectivity index (χ0v) is 11.5. The van der Waals surface area contributed by atoms with E-state index in [1.165, 1.54) is 49.4 Å². The minimum Gasteiger partial charge on any atom is -0.374 e. The first-order valence-electron chi connectivity index (χ1n) is 6.58. The van der Waals surface area contributed by atoms with E-state index in [-0.39, 0.29) is 0 Å². The van der Waals surface area contributed by atoms with Crippen molar-refractivity contribution in [3.05, 3.63) is 0 Å². The molecule has 0 aromatic carbocycles. The Hall–Kier alpha value is 0.690. The Bertz CT molecular complexity index is 231. The molecular formula is C13H21IO. The Labute approximate surface area is 106 Å². The summed E-state index contributed by atoms with van der Waals surface area (Å²) in [7, 11) is 0. The number of alkyl halides is 1. The van der Waals surface area contributed by atoms with Crippen LogP contribution in [-0.2, 0) is 4.74 Å². The summed E-state index contributed by atoms with van der Waals surface area (Å²) in [6.45, 7) is 0. The van der Waals surface area contributed by atoms with Gasteiger partial charge in [0.15, 0.2) is 0 Å². The Balaban J connectivity index is 1.62. The predicted octanol–water partition coefficient (Wildman–Crippen LogP) is 3.80. The van der Waals surface area contributed by atoms with Crippen LogP contribution in [0.2, 0.25) is 0 Å². The number of ether oxygens (including phenoxy) is 1. The largest absolute Gasteiger partial charge is 0.374 e. The summed E-state index contributed by atoms with van der Waals surface area (Å²) in [5, 5.41) is 0. The second kappa shape index (κ2) is 4.52. The summed E-state index contributed by atoms with van der Waals surface area (Å²) < 4.78 is 7.45. The highest BCUT2D eigenvalue weighted by atomic mass is 127. The van der Waals surface area contributed by atoms with E-state index in [4.69, 9.17) is 4.74 Å². The van der Waals surface area contributed by atoms with Gasteiger partial charge >= 0.3 is 0 Å². The van der Waals surface area contributed by atoms with Crippen molar-refractivity contribution in [3.63, 3.8) is 0 Å². The third-order valence-corrected chi connectivity index (χ3v) is 5.81. The van der Waals surface area contributed by atoms with Crippen LogP contribution in [0.1, 0.15) is 44.9 Å². The lowest BCUT2D eigenvalue weighted by molar-refractivity contribution is -0.0766. The number of rotatable bonds is 2. The van der Waals surface area contributed by atoms with E-state index in [9.17, 15) is 0 Å². The van der Waals surface area contributed by atoms with Gasteiger partial charge in [-0.2, -0.15) is 0 Å². The van der Waals surface area contributed by atoms with E-state index in [0.29, 0.717) is 12.2 Å². The molecule has 3 aliphatic rings. The predicted molar refractivity (Wildman–Crippen MR) is 70.3 cm³/mol. The highest BCUT2D eigenvalue weighted by Crippen LogP contribution is 2.51. The number of hydrogen-bond donors (Lipinski definition) is 0. The van der Waals surface area contributed by atoms with Crippen molar-refractivity contribution in [2.45, 2.75) is 57.2 Å². The van der Waals surface area contributed by atoms with Gasteiger partial charge in [0.1, 0.15) is 0 Å². The van der Waals surface area contributed by atoms with E-state index < -0.39 is 0 Å². The molecule has 0 N–H and O–H groups in total. The van der Waals surface area contributed by atoms with Crippen molar-refractivity contribution < 1.29 is 4.74 Å². The fourth-order valence-electron chi connectivity index (χ4n) is 4.11. The normalized spacial score (nSPS) is 49.8. The first-order valence-corrected chi connectivity index (χ1v) is 8.11. The van der Waals surface area contributed by atoms with Gasteiger partial charge in [0.25, 0.3) is 0 Å². The highest BCUT2D eigenvalue weighted by molar-refractivity contribution is 14.1. The highest BCUT2D eigenvalue weighted by Gasteiger charge is 2.44. The molecular weight excluding hydrogens is 299 g/mol. The molecule has 1 heterocycles. The third kappa shape index (κ3) is 2.08. The van der Waals surface area contributed by atoms with Crippen molar-refractivity contribution in [1.29, 1.82) is 0 Å². The Morgan fingerprint density at radius 2 is 2.00 bits per heavy atom. The van der Waals surface area contributed by atoms with Gasteiger partial charge in [-0.25, -0.2) is 0 Å². The lowest BCUT2D eigenvalue weighted by Gasteiger charge is -2.36. The molecule has 86 valence electrons. The smallest absolute Gasteiger partial charge is 0.0668 e. The summed E-state index contributed by atoms with van der Waals surface area (Å²) >= 11 is 2.48. The van der Waals surface area contributed by atoms with Gasteiger partial charge in [0.05, 0.1) is 12.2 Å². The van der Waals surface area contributed by atoms with E-state index in [1.54, 1.807) is 0 Å². The van der Waals surface area contributed by atoms with E-state index >= 15 is 0 Å². The van der Waals surface area contributed by atoms with Gasteiger partial charge in [0, 0.05) is 4.43 Å². The molecule has 0 amide bonds. The van der Waals surface area contributed by atoms with Crippen molar-refractivity contribution in [2.75, 3.05) is 4.43 Å². The van der Waals surface area contributed by atoms with Crippen LogP contribution < -0.4 is 0 Å². The second-order valence-corrected chi connectivity index (χ2v) is 6.60. The van der Waals surface area contributed by atoms with Crippen molar-refractivity contribution in [3.8, 4) is 0 Å². The average Bonchev–Trinajstić information content (AvgIpc) is 2.91. The van der Waals surface area contributed by atoms with E-state index in [0.717, 1.165) is 17.8 Å². The molecule has 1 saturated heterocycles. The summed E-state index contributed by atoms with van der Waals surface area (Å²) in [4.78, 5) is 0. The maximum absolute atomic E-state index is 6.26. The van der Waals surface area contributed by atoms with Crippen molar-refractivity contribution >= 4 is 22.6 Å². The molecule has 5 atom stereocenters. The Morgan fingerprint density at radius 3 is 2.67 bits per heavy atom. The van der Waals surface area contributed by atoms with Gasteiger partial charge in [-0.15, -0.1) is 0 Å². The first-order chi connectivity index (χ1) is 7.36. The molecule has 0 aromatic heterocycles. The molecule has 5 unspecified atom stereocenters. The molecule has 2 bridgehead atoms. The molecule has 1 nitrogen and oxygen atoms in total. The summed E-state index contributed by atoms with van der Waals surface area (Å²) in [5.41, 5.74) is 0. The van der Waals surface area contributed by atoms with Crippen LogP contribution in [0.3, 0.4) is 0 Å². The summed E-state index contributed by atoms with van der Waals surface area (Å²) in [6, 6.07) is 0. The number of hydrogen-bond acceptors (Lipinski definition) is 1. The molecule has 2 heteroatoms. The van der Waals surface area contributed by atoms with Gasteiger partial charge in [0.2, 0.25) is 0 Å². The monoisotopic (exact) mass is 320 g/mol. The van der Waals surface area contributed by atoms with Gasteiger partial charge in [-0.05, 0) is 56.3 Å². The van der Waals surface area contributed by atoms with Gasteiger partial charge < -0.3 is 4.74 Å². The first kappa shape index (κ1) is 10.8. The minimum absolute atomic E-state index is 0.573. The van der Waals surface area contributed by atoms with Crippen molar-refractivity contribution in [2.24, 2.45) is 17.8 Å². The van der Waals surface area contributed by atoms with Crippen LogP contribution in [0.25, 0.3) is 0 Å². The number of fused-ring (bicyclic) bond motifs is 2. The van der Waals surface area contributed by atoms with Crippen LogP contribution in [0, 0.1) is 17.8 Å². The quantitative estimate of drug-likeness (QED) is 0.555. The van der Waals surface area contributed by atoms with Gasteiger partial charge in [-0.3, -0.25) is 0 Å². The molecule has 2 aliphatic carbocycles. The molecule has 0 spiro atoms. The average molecular weight is 320 g/mol. The molecule has 3 fully saturated rings. The van der Waals surface area contributed by atoms with Crippen LogP contribution in [-0.4, -0.2) is 16.6 Å². The standard InChI is InChI=1S/C13H21IO/c14-8-11-2-1-3-13(15-11)12-7-9-4-5-10(12)6-9/h9-13H,1-8H2. The Kier molecular flexibility index (Phi) is 3.26. The van der Waals surface area contributed by atoms with Crippen LogP contribution in [0.5, 0.6) is 0 Å². The third-order valence-electron chi connectivity index (χ3n) is 4.82. The lowest BCUT2D eigenvalue weighted by atomic mass is 9.82. The van der Waals surface area contributed by atoms with Crippen LogP contribution in [0.4, 0.5) is 0 Å². The lowest BCUT2D eigenvalue weighted by Crippen LogP contribution is -2.36. The molecule has 1 aliphatic heterocycles. The van der Waals surface area contributed by atoms with E-state index in [2.05, 4.69) is 22.6 Å². The Morgan fingerprint density at radius 1 is 1.07 bits per heavy atom. The minimum atomic E-state index is 0.573. The van der Waals surface area contributed by atoms with Crippen molar-refractivity contribution in [1.82, 2.24) is 0 Å². The van der Waals surface area contributed by atoms with Crippen LogP contribution in [0.15, 0.2) is 0 Å². The number of halogens is 1. The SMILES string of the molecule is ICC1CCCC(C2CC3CCC2C3)O1. The fraction of sp³-hybridized carbons (Fsp3) is 1.00. The topological polar surface area (TPSA) is 9.23 Å². The maximum atomic E-state index is 6.26. The molecule has 2 saturated carbocycles. The van der Waals surface area contributed by atoms with E-state index in [1.807, 2.05) is 0 Å². The molecule has 0 radical (unpaired) electrons. The fourth-order valence-corrected chi connectivity index (χ4v) is 4.76. The zero-order valence-electron chi connectivity index (χ0n) is 9.33. The summed E-state index contributed by atoms with van der Waals surface area (Å²) in [6.07, 6.45) is 11.3.